The fourth-order valence-corrected chi connectivity index (χ4v) is 2.74. The van der Waals surface area contributed by atoms with E-state index in [9.17, 15) is 0 Å². The average Bonchev–Trinajstić information content (AvgIpc) is 3.29. The molecular formula is C17H25N. The Balaban J connectivity index is 1.48. The zero-order chi connectivity index (χ0) is 12.4. The maximum Gasteiger partial charge on any atom is 0.0208 e. The lowest BCUT2D eigenvalue weighted by Crippen LogP contribution is -2.28. The van der Waals surface area contributed by atoms with Gasteiger partial charge in [0.05, 0.1) is 0 Å². The van der Waals surface area contributed by atoms with Gasteiger partial charge in [-0.2, -0.15) is 0 Å². The van der Waals surface area contributed by atoms with Crippen molar-refractivity contribution >= 4 is 0 Å². The van der Waals surface area contributed by atoms with Crippen LogP contribution in [0.2, 0.25) is 0 Å². The van der Waals surface area contributed by atoms with E-state index in [-0.39, 0.29) is 0 Å². The molecule has 0 heterocycles. The quantitative estimate of drug-likeness (QED) is 0.755. The van der Waals surface area contributed by atoms with Crippen LogP contribution in [0.15, 0.2) is 24.3 Å². The highest BCUT2D eigenvalue weighted by Crippen LogP contribution is 2.39. The van der Waals surface area contributed by atoms with Gasteiger partial charge >= 0.3 is 0 Å². The van der Waals surface area contributed by atoms with Crippen molar-refractivity contribution in [2.45, 2.75) is 64.0 Å². The number of nitrogens with one attached hydrogen (secondary N) is 1. The molecule has 0 radical (unpaired) electrons. The molecule has 0 aliphatic heterocycles. The van der Waals surface area contributed by atoms with Crippen molar-refractivity contribution in [2.24, 2.45) is 5.92 Å². The van der Waals surface area contributed by atoms with Crippen LogP contribution in [0.3, 0.4) is 0 Å². The normalized spacial score (nSPS) is 20.9. The van der Waals surface area contributed by atoms with Gasteiger partial charge in [0.25, 0.3) is 0 Å². The fourth-order valence-electron chi connectivity index (χ4n) is 2.74. The van der Waals surface area contributed by atoms with Gasteiger partial charge in [0.1, 0.15) is 0 Å². The minimum absolute atomic E-state index is 0.723. The smallest absolute Gasteiger partial charge is 0.0208 e. The first kappa shape index (κ1) is 12.2. The van der Waals surface area contributed by atoms with Crippen molar-refractivity contribution in [3.05, 3.63) is 35.4 Å². The SMILES string of the molecule is CCC(CC1CC1)NCc1ccc(C2CC2)cc1. The molecule has 3 rings (SSSR count). The maximum atomic E-state index is 3.72. The van der Waals surface area contributed by atoms with Gasteiger partial charge in [0.2, 0.25) is 0 Å². The predicted octanol–water partition coefficient (Wildman–Crippen LogP) is 4.23. The van der Waals surface area contributed by atoms with Crippen molar-refractivity contribution in [3.63, 3.8) is 0 Å². The second-order valence-electron chi connectivity index (χ2n) is 6.18. The molecule has 0 bridgehead atoms. The van der Waals surface area contributed by atoms with Crippen LogP contribution in [-0.2, 0) is 6.54 Å². The lowest BCUT2D eigenvalue weighted by molar-refractivity contribution is 0.445. The van der Waals surface area contributed by atoms with Crippen LogP contribution in [0.4, 0.5) is 0 Å². The molecule has 2 saturated carbocycles. The molecule has 1 N–H and O–H groups in total. The van der Waals surface area contributed by atoms with Crippen LogP contribution in [0.5, 0.6) is 0 Å². The summed E-state index contributed by atoms with van der Waals surface area (Å²) in [5, 5.41) is 3.72. The Morgan fingerprint density at radius 3 is 2.39 bits per heavy atom. The standard InChI is InChI=1S/C17H25N/c1-2-17(11-13-3-4-13)18-12-14-5-7-15(8-6-14)16-9-10-16/h5-8,13,16-18H,2-4,9-12H2,1H3. The first-order valence-electron chi connectivity index (χ1n) is 7.67. The van der Waals surface area contributed by atoms with E-state index in [1.165, 1.54) is 44.1 Å². The fraction of sp³-hybridized carbons (Fsp3) is 0.647. The Labute approximate surface area is 111 Å². The second kappa shape index (κ2) is 5.44. The molecule has 18 heavy (non-hydrogen) atoms. The van der Waals surface area contributed by atoms with E-state index < -0.39 is 0 Å². The van der Waals surface area contributed by atoms with Crippen molar-refractivity contribution in [1.29, 1.82) is 0 Å². The number of hydrogen-bond donors (Lipinski definition) is 1. The Hall–Kier alpha value is -0.820. The van der Waals surface area contributed by atoms with Gasteiger partial charge in [-0.05, 0) is 48.6 Å². The van der Waals surface area contributed by atoms with E-state index in [2.05, 4.69) is 36.5 Å². The largest absolute Gasteiger partial charge is 0.310 e. The molecular weight excluding hydrogens is 218 g/mol. The lowest BCUT2D eigenvalue weighted by atomic mass is 10.1. The number of rotatable bonds is 7. The van der Waals surface area contributed by atoms with E-state index in [1.54, 1.807) is 5.56 Å². The summed E-state index contributed by atoms with van der Waals surface area (Å²) >= 11 is 0. The highest BCUT2D eigenvalue weighted by atomic mass is 14.9. The molecule has 0 saturated heterocycles. The first-order chi connectivity index (χ1) is 8.85. The Morgan fingerprint density at radius 1 is 1.11 bits per heavy atom. The number of benzene rings is 1. The summed E-state index contributed by atoms with van der Waals surface area (Å²) < 4.78 is 0. The lowest BCUT2D eigenvalue weighted by Gasteiger charge is -2.16. The Kier molecular flexibility index (Phi) is 3.69. The van der Waals surface area contributed by atoms with Crippen LogP contribution in [-0.4, -0.2) is 6.04 Å². The van der Waals surface area contributed by atoms with Crippen molar-refractivity contribution in [3.8, 4) is 0 Å². The van der Waals surface area contributed by atoms with E-state index in [1.807, 2.05) is 0 Å². The highest BCUT2D eigenvalue weighted by molar-refractivity contribution is 5.27. The summed E-state index contributed by atoms with van der Waals surface area (Å²) in [6.07, 6.45) is 8.38. The van der Waals surface area contributed by atoms with E-state index in [4.69, 9.17) is 0 Å². The minimum Gasteiger partial charge on any atom is -0.310 e. The van der Waals surface area contributed by atoms with Gasteiger partial charge in [0.15, 0.2) is 0 Å². The highest BCUT2D eigenvalue weighted by Gasteiger charge is 2.24. The summed E-state index contributed by atoms with van der Waals surface area (Å²) in [7, 11) is 0. The van der Waals surface area contributed by atoms with Crippen LogP contribution in [0.1, 0.15) is 62.5 Å². The molecule has 1 nitrogen and oxygen atoms in total. The third kappa shape index (κ3) is 3.35. The van der Waals surface area contributed by atoms with Crippen LogP contribution < -0.4 is 5.32 Å². The molecule has 1 aromatic carbocycles. The molecule has 1 aromatic rings. The van der Waals surface area contributed by atoms with Crippen molar-refractivity contribution < 1.29 is 0 Å². The molecule has 98 valence electrons. The molecule has 1 atom stereocenters. The maximum absolute atomic E-state index is 3.72. The summed E-state index contributed by atoms with van der Waals surface area (Å²) in [5.41, 5.74) is 2.98. The summed E-state index contributed by atoms with van der Waals surface area (Å²) in [6.45, 7) is 3.34. The van der Waals surface area contributed by atoms with Gasteiger partial charge < -0.3 is 5.32 Å². The van der Waals surface area contributed by atoms with Crippen LogP contribution in [0.25, 0.3) is 0 Å². The van der Waals surface area contributed by atoms with E-state index in [0.29, 0.717) is 0 Å². The molecule has 1 unspecified atom stereocenters. The van der Waals surface area contributed by atoms with Gasteiger partial charge in [-0.1, -0.05) is 44.0 Å². The molecule has 0 spiro atoms. The van der Waals surface area contributed by atoms with Crippen LogP contribution >= 0.6 is 0 Å². The van der Waals surface area contributed by atoms with Gasteiger partial charge in [0, 0.05) is 12.6 Å². The summed E-state index contributed by atoms with van der Waals surface area (Å²) in [4.78, 5) is 0. The minimum atomic E-state index is 0.723. The first-order valence-corrected chi connectivity index (χ1v) is 7.67. The molecule has 0 amide bonds. The van der Waals surface area contributed by atoms with Crippen LogP contribution in [0, 0.1) is 5.92 Å². The molecule has 2 aliphatic rings. The predicted molar refractivity (Wildman–Crippen MR) is 76.7 cm³/mol. The monoisotopic (exact) mass is 243 g/mol. The zero-order valence-electron chi connectivity index (χ0n) is 11.5. The van der Waals surface area contributed by atoms with E-state index in [0.717, 1.165) is 24.4 Å². The van der Waals surface area contributed by atoms with E-state index >= 15 is 0 Å². The third-order valence-corrected chi connectivity index (χ3v) is 4.43. The second-order valence-corrected chi connectivity index (χ2v) is 6.18. The Bertz CT molecular complexity index is 373. The number of hydrogen-bond acceptors (Lipinski definition) is 1. The van der Waals surface area contributed by atoms with Gasteiger partial charge in [-0.15, -0.1) is 0 Å². The molecule has 1 heteroatoms. The molecule has 2 aliphatic carbocycles. The van der Waals surface area contributed by atoms with Gasteiger partial charge in [-0.25, -0.2) is 0 Å². The van der Waals surface area contributed by atoms with Gasteiger partial charge in [-0.3, -0.25) is 0 Å². The summed E-state index contributed by atoms with van der Waals surface area (Å²) in [5.74, 6) is 1.91. The van der Waals surface area contributed by atoms with Crippen molar-refractivity contribution in [1.82, 2.24) is 5.32 Å². The zero-order valence-corrected chi connectivity index (χ0v) is 11.5. The molecule has 0 aromatic heterocycles. The van der Waals surface area contributed by atoms with Crippen molar-refractivity contribution in [2.75, 3.05) is 0 Å². The third-order valence-electron chi connectivity index (χ3n) is 4.43. The Morgan fingerprint density at radius 2 is 1.83 bits per heavy atom. The topological polar surface area (TPSA) is 12.0 Å². The average molecular weight is 243 g/mol. The summed E-state index contributed by atoms with van der Waals surface area (Å²) in [6, 6.07) is 10.0. The molecule has 2 fully saturated rings.